The van der Waals surface area contributed by atoms with Crippen molar-refractivity contribution in [1.82, 2.24) is 9.80 Å². The van der Waals surface area contributed by atoms with Gasteiger partial charge in [-0.1, -0.05) is 48.5 Å². The molecule has 4 rings (SSSR count). The molecule has 0 aromatic heterocycles. The second kappa shape index (κ2) is 9.21. The van der Waals surface area contributed by atoms with Crippen molar-refractivity contribution >= 4 is 22.6 Å². The molecule has 3 aromatic rings. The van der Waals surface area contributed by atoms with Gasteiger partial charge < -0.3 is 14.5 Å². The summed E-state index contributed by atoms with van der Waals surface area (Å²) >= 11 is 0. The van der Waals surface area contributed by atoms with E-state index in [2.05, 4.69) is 0 Å². The summed E-state index contributed by atoms with van der Waals surface area (Å²) in [7, 11) is 3.49. The minimum absolute atomic E-state index is 0.0418. The molecule has 0 spiro atoms. The molecule has 1 aliphatic heterocycles. The molecule has 0 saturated carbocycles. The zero-order chi connectivity index (χ0) is 21.8. The van der Waals surface area contributed by atoms with Gasteiger partial charge in [0.15, 0.2) is 0 Å². The van der Waals surface area contributed by atoms with Crippen LogP contribution < -0.4 is 4.74 Å². The van der Waals surface area contributed by atoms with Crippen LogP contribution in [0.2, 0.25) is 0 Å². The Morgan fingerprint density at radius 2 is 1.65 bits per heavy atom. The zero-order valence-electron chi connectivity index (χ0n) is 18.1. The lowest BCUT2D eigenvalue weighted by molar-refractivity contribution is -0.136. The fraction of sp³-hybridized carbons (Fsp3) is 0.308. The Hall–Kier alpha value is -3.34. The van der Waals surface area contributed by atoms with Crippen LogP contribution in [0.1, 0.15) is 28.8 Å². The standard InChI is InChI=1S/C26H28N2O3/c1-27(18-19-10-12-22(31-2)13-11-19)25(29)21-14-16-28(17-15-21)26(30)24-9-5-7-20-6-3-4-8-23(20)24/h3-13,21H,14-18H2,1-2H3. The fourth-order valence-electron chi connectivity index (χ4n) is 4.31. The first kappa shape index (κ1) is 20.9. The zero-order valence-corrected chi connectivity index (χ0v) is 18.1. The van der Waals surface area contributed by atoms with Gasteiger partial charge in [-0.15, -0.1) is 0 Å². The van der Waals surface area contributed by atoms with Crippen LogP contribution in [0.25, 0.3) is 10.8 Å². The molecule has 0 N–H and O–H groups in total. The highest BCUT2D eigenvalue weighted by atomic mass is 16.5. The number of methoxy groups -OCH3 is 1. The Balaban J connectivity index is 1.36. The molecule has 1 heterocycles. The lowest BCUT2D eigenvalue weighted by atomic mass is 9.94. The molecule has 1 saturated heterocycles. The van der Waals surface area contributed by atoms with Gasteiger partial charge in [0.1, 0.15) is 5.75 Å². The number of amides is 2. The van der Waals surface area contributed by atoms with E-state index in [0.717, 1.165) is 27.6 Å². The maximum Gasteiger partial charge on any atom is 0.254 e. The molecule has 160 valence electrons. The van der Waals surface area contributed by atoms with Crippen LogP contribution in [0.5, 0.6) is 5.75 Å². The van der Waals surface area contributed by atoms with E-state index in [-0.39, 0.29) is 17.7 Å². The molecular weight excluding hydrogens is 388 g/mol. The molecule has 3 aromatic carbocycles. The van der Waals surface area contributed by atoms with Gasteiger partial charge in [0, 0.05) is 38.2 Å². The van der Waals surface area contributed by atoms with Crippen molar-refractivity contribution in [3.63, 3.8) is 0 Å². The SMILES string of the molecule is COc1ccc(CN(C)C(=O)C2CCN(C(=O)c3cccc4ccccc34)CC2)cc1. The molecule has 5 heteroatoms. The molecule has 0 bridgehead atoms. The maximum atomic E-state index is 13.1. The number of hydrogen-bond acceptors (Lipinski definition) is 3. The number of carbonyl (C=O) groups is 2. The topological polar surface area (TPSA) is 49.9 Å². The number of ether oxygens (including phenoxy) is 1. The highest BCUT2D eigenvalue weighted by Gasteiger charge is 2.30. The maximum absolute atomic E-state index is 13.1. The van der Waals surface area contributed by atoms with E-state index in [4.69, 9.17) is 4.74 Å². The van der Waals surface area contributed by atoms with Crippen molar-refractivity contribution in [3.8, 4) is 5.75 Å². The number of piperidine rings is 1. The van der Waals surface area contributed by atoms with E-state index >= 15 is 0 Å². The van der Waals surface area contributed by atoms with Gasteiger partial charge in [-0.05, 0) is 47.4 Å². The number of rotatable bonds is 5. The molecule has 0 unspecified atom stereocenters. The van der Waals surface area contributed by atoms with Gasteiger partial charge >= 0.3 is 0 Å². The quantitative estimate of drug-likeness (QED) is 0.621. The van der Waals surface area contributed by atoms with Gasteiger partial charge in [-0.25, -0.2) is 0 Å². The summed E-state index contributed by atoms with van der Waals surface area (Å²) in [4.78, 5) is 29.8. The summed E-state index contributed by atoms with van der Waals surface area (Å²) in [5.74, 6) is 0.961. The molecule has 5 nitrogen and oxygen atoms in total. The molecule has 1 aliphatic rings. The fourth-order valence-corrected chi connectivity index (χ4v) is 4.31. The van der Waals surface area contributed by atoms with Gasteiger partial charge in [0.2, 0.25) is 5.91 Å². The van der Waals surface area contributed by atoms with Crippen molar-refractivity contribution in [2.45, 2.75) is 19.4 Å². The average molecular weight is 417 g/mol. The lowest BCUT2D eigenvalue weighted by Gasteiger charge is -2.33. The molecule has 1 fully saturated rings. The Labute approximate surface area is 183 Å². The summed E-state index contributed by atoms with van der Waals surface area (Å²) < 4.78 is 5.19. The molecule has 2 amide bonds. The van der Waals surface area contributed by atoms with Gasteiger partial charge in [-0.2, -0.15) is 0 Å². The third kappa shape index (κ3) is 4.55. The first-order chi connectivity index (χ1) is 15.1. The second-order valence-electron chi connectivity index (χ2n) is 8.14. The normalized spacial score (nSPS) is 14.5. The van der Waals surface area contributed by atoms with E-state index < -0.39 is 0 Å². The van der Waals surface area contributed by atoms with Crippen LogP contribution in [0.15, 0.2) is 66.7 Å². The minimum Gasteiger partial charge on any atom is -0.497 e. The summed E-state index contributed by atoms with van der Waals surface area (Å²) in [6.07, 6.45) is 1.39. The summed E-state index contributed by atoms with van der Waals surface area (Å²) in [6.45, 7) is 1.78. The number of carbonyl (C=O) groups excluding carboxylic acids is 2. The van der Waals surface area contributed by atoms with E-state index in [1.54, 1.807) is 12.0 Å². The van der Waals surface area contributed by atoms with E-state index in [9.17, 15) is 9.59 Å². The highest BCUT2D eigenvalue weighted by molar-refractivity contribution is 6.07. The van der Waals surface area contributed by atoms with E-state index in [1.807, 2.05) is 78.7 Å². The molecule has 31 heavy (non-hydrogen) atoms. The van der Waals surface area contributed by atoms with E-state index in [0.29, 0.717) is 32.5 Å². The summed E-state index contributed by atoms with van der Waals surface area (Å²) in [5.41, 5.74) is 1.81. The Bertz CT molecular complexity index is 1060. The third-order valence-corrected chi connectivity index (χ3v) is 6.11. The first-order valence-corrected chi connectivity index (χ1v) is 10.7. The van der Waals surface area contributed by atoms with E-state index in [1.165, 1.54) is 0 Å². The Morgan fingerprint density at radius 1 is 0.968 bits per heavy atom. The number of benzene rings is 3. The van der Waals surface area contributed by atoms with Crippen LogP contribution in [-0.2, 0) is 11.3 Å². The largest absolute Gasteiger partial charge is 0.497 e. The number of fused-ring (bicyclic) bond motifs is 1. The molecule has 0 radical (unpaired) electrons. The minimum atomic E-state index is -0.0418. The predicted octanol–water partition coefficient (Wildman–Crippen LogP) is 4.36. The van der Waals surface area contributed by atoms with Crippen LogP contribution in [0, 0.1) is 5.92 Å². The second-order valence-corrected chi connectivity index (χ2v) is 8.14. The summed E-state index contributed by atoms with van der Waals surface area (Å²) in [6, 6.07) is 21.6. The van der Waals surface area contributed by atoms with Crippen LogP contribution in [0.3, 0.4) is 0 Å². The first-order valence-electron chi connectivity index (χ1n) is 10.7. The van der Waals surface area contributed by atoms with Crippen LogP contribution >= 0.6 is 0 Å². The molecule has 0 atom stereocenters. The van der Waals surface area contributed by atoms with Crippen molar-refractivity contribution in [2.24, 2.45) is 5.92 Å². The number of likely N-dealkylation sites (tertiary alicyclic amines) is 1. The predicted molar refractivity (Wildman–Crippen MR) is 122 cm³/mol. The van der Waals surface area contributed by atoms with Gasteiger partial charge in [-0.3, -0.25) is 9.59 Å². The Kier molecular flexibility index (Phi) is 6.21. The summed E-state index contributed by atoms with van der Waals surface area (Å²) in [5, 5.41) is 2.05. The van der Waals surface area contributed by atoms with Gasteiger partial charge in [0.05, 0.1) is 7.11 Å². The van der Waals surface area contributed by atoms with Crippen LogP contribution in [-0.4, -0.2) is 48.9 Å². The molecule has 0 aliphatic carbocycles. The molecular formula is C26H28N2O3. The highest BCUT2D eigenvalue weighted by Crippen LogP contribution is 2.25. The lowest BCUT2D eigenvalue weighted by Crippen LogP contribution is -2.43. The van der Waals surface area contributed by atoms with Crippen molar-refractivity contribution in [3.05, 3.63) is 77.9 Å². The van der Waals surface area contributed by atoms with Gasteiger partial charge in [0.25, 0.3) is 5.91 Å². The van der Waals surface area contributed by atoms with Crippen LogP contribution in [0.4, 0.5) is 0 Å². The Morgan fingerprint density at radius 3 is 2.35 bits per heavy atom. The monoisotopic (exact) mass is 416 g/mol. The smallest absolute Gasteiger partial charge is 0.254 e. The van der Waals surface area contributed by atoms with Crippen molar-refractivity contribution < 1.29 is 14.3 Å². The van der Waals surface area contributed by atoms with Crippen molar-refractivity contribution in [1.29, 1.82) is 0 Å². The number of nitrogens with zero attached hydrogens (tertiary/aromatic N) is 2. The number of hydrogen-bond donors (Lipinski definition) is 0. The van der Waals surface area contributed by atoms with Crippen molar-refractivity contribution in [2.75, 3.05) is 27.2 Å². The average Bonchev–Trinajstić information content (AvgIpc) is 2.83. The third-order valence-electron chi connectivity index (χ3n) is 6.11.